The van der Waals surface area contributed by atoms with E-state index < -0.39 is 0 Å². The molecule has 5 heteroatoms. The summed E-state index contributed by atoms with van der Waals surface area (Å²) in [6.45, 7) is 8.53. The lowest BCUT2D eigenvalue weighted by molar-refractivity contribution is -0.118. The van der Waals surface area contributed by atoms with Gasteiger partial charge in [0.25, 0.3) is 0 Å². The van der Waals surface area contributed by atoms with Crippen LogP contribution in [0.15, 0.2) is 24.3 Å². The second-order valence-corrected chi connectivity index (χ2v) is 5.67. The summed E-state index contributed by atoms with van der Waals surface area (Å²) in [5.74, 6) is 0.898. The smallest absolute Gasteiger partial charge is 0.241 e. The zero-order valence-electron chi connectivity index (χ0n) is 13.9. The summed E-state index contributed by atoms with van der Waals surface area (Å²) in [5, 5.41) is 15.3. The summed E-state index contributed by atoms with van der Waals surface area (Å²) in [6, 6.07) is 7.14. The summed E-state index contributed by atoms with van der Waals surface area (Å²) >= 11 is 0. The molecule has 0 aliphatic rings. The normalized spacial score (nSPS) is 13.7. The SMILES string of the molecule is CCOc1ccccc1NC(=O)[C@@H](C)N[C@@H](CCO)C(C)C. The number of amides is 1. The lowest BCUT2D eigenvalue weighted by atomic mass is 10.0. The van der Waals surface area contributed by atoms with Crippen LogP contribution in [-0.4, -0.2) is 36.3 Å². The van der Waals surface area contributed by atoms with Crippen LogP contribution in [0.25, 0.3) is 0 Å². The standard InChI is InChI=1S/C17H28N2O3/c1-5-22-16-9-7-6-8-15(16)19-17(21)13(4)18-14(10-11-20)12(2)3/h6-9,12-14,18,20H,5,10-11H2,1-4H3,(H,19,21)/t13-,14+/m1/s1. The fraction of sp³-hybridized carbons (Fsp3) is 0.588. The highest BCUT2D eigenvalue weighted by molar-refractivity contribution is 5.95. The van der Waals surface area contributed by atoms with Gasteiger partial charge < -0.3 is 20.5 Å². The van der Waals surface area contributed by atoms with Crippen molar-refractivity contribution >= 4 is 11.6 Å². The number of hydrogen-bond donors (Lipinski definition) is 3. The minimum atomic E-state index is -0.353. The van der Waals surface area contributed by atoms with Crippen molar-refractivity contribution in [2.45, 2.75) is 46.2 Å². The van der Waals surface area contributed by atoms with Crippen LogP contribution in [-0.2, 0) is 4.79 Å². The fourth-order valence-electron chi connectivity index (χ4n) is 2.24. The molecule has 0 aliphatic carbocycles. The second kappa shape index (κ2) is 9.43. The minimum Gasteiger partial charge on any atom is -0.492 e. The number of hydrogen-bond acceptors (Lipinski definition) is 4. The van der Waals surface area contributed by atoms with Gasteiger partial charge in [-0.1, -0.05) is 26.0 Å². The lowest BCUT2D eigenvalue weighted by Gasteiger charge is -2.25. The molecule has 1 aromatic rings. The summed E-state index contributed by atoms with van der Waals surface area (Å²) in [6.07, 6.45) is 0.630. The molecular formula is C17H28N2O3. The number of nitrogens with one attached hydrogen (secondary N) is 2. The van der Waals surface area contributed by atoms with Gasteiger partial charge in [-0.05, 0) is 38.3 Å². The van der Waals surface area contributed by atoms with Gasteiger partial charge in [-0.3, -0.25) is 4.79 Å². The van der Waals surface area contributed by atoms with Crippen LogP contribution in [0.5, 0.6) is 5.75 Å². The van der Waals surface area contributed by atoms with Crippen molar-refractivity contribution in [2.75, 3.05) is 18.5 Å². The number of rotatable bonds is 9. The molecule has 0 aliphatic heterocycles. The number of carbonyl (C=O) groups is 1. The first kappa shape index (κ1) is 18.5. The van der Waals surface area contributed by atoms with Gasteiger partial charge in [0.05, 0.1) is 18.3 Å². The van der Waals surface area contributed by atoms with Gasteiger partial charge >= 0.3 is 0 Å². The Hall–Kier alpha value is -1.59. The number of aliphatic hydroxyl groups is 1. The summed E-state index contributed by atoms with van der Waals surface area (Å²) < 4.78 is 5.51. The van der Waals surface area contributed by atoms with E-state index in [4.69, 9.17) is 9.84 Å². The number of ether oxygens (including phenoxy) is 1. The maximum absolute atomic E-state index is 12.3. The Morgan fingerprint density at radius 2 is 1.95 bits per heavy atom. The predicted molar refractivity (Wildman–Crippen MR) is 89.2 cm³/mol. The third kappa shape index (κ3) is 5.66. The van der Waals surface area contributed by atoms with Crippen molar-refractivity contribution in [3.8, 4) is 5.75 Å². The number of para-hydroxylation sites is 2. The molecule has 0 bridgehead atoms. The molecule has 1 aromatic carbocycles. The topological polar surface area (TPSA) is 70.6 Å². The highest BCUT2D eigenvalue weighted by atomic mass is 16.5. The van der Waals surface area contributed by atoms with E-state index in [1.807, 2.05) is 38.1 Å². The van der Waals surface area contributed by atoms with E-state index in [9.17, 15) is 4.79 Å². The molecule has 124 valence electrons. The first-order valence-electron chi connectivity index (χ1n) is 7.89. The molecule has 0 unspecified atom stereocenters. The zero-order valence-corrected chi connectivity index (χ0v) is 13.9. The Morgan fingerprint density at radius 1 is 1.27 bits per heavy atom. The second-order valence-electron chi connectivity index (χ2n) is 5.67. The number of aliphatic hydroxyl groups excluding tert-OH is 1. The molecule has 5 nitrogen and oxygen atoms in total. The van der Waals surface area contributed by atoms with Gasteiger partial charge in [-0.2, -0.15) is 0 Å². The Bertz CT molecular complexity index is 463. The van der Waals surface area contributed by atoms with Gasteiger partial charge in [-0.15, -0.1) is 0 Å². The van der Waals surface area contributed by atoms with Gasteiger partial charge in [-0.25, -0.2) is 0 Å². The predicted octanol–water partition coefficient (Wildman–Crippen LogP) is 2.41. The highest BCUT2D eigenvalue weighted by Crippen LogP contribution is 2.23. The molecule has 0 saturated carbocycles. The molecule has 3 N–H and O–H groups in total. The largest absolute Gasteiger partial charge is 0.492 e. The van der Waals surface area contributed by atoms with Crippen molar-refractivity contribution < 1.29 is 14.6 Å². The average molecular weight is 308 g/mol. The van der Waals surface area contributed by atoms with Gasteiger partial charge in [0.15, 0.2) is 0 Å². The van der Waals surface area contributed by atoms with E-state index in [0.29, 0.717) is 30.4 Å². The third-order valence-electron chi connectivity index (χ3n) is 3.55. The molecular weight excluding hydrogens is 280 g/mol. The molecule has 1 amide bonds. The zero-order chi connectivity index (χ0) is 16.5. The molecule has 2 atom stereocenters. The number of anilines is 1. The molecule has 0 aromatic heterocycles. The molecule has 22 heavy (non-hydrogen) atoms. The molecule has 0 heterocycles. The Balaban J connectivity index is 2.67. The van der Waals surface area contributed by atoms with Gasteiger partial charge in [0.1, 0.15) is 5.75 Å². The van der Waals surface area contributed by atoms with E-state index in [1.54, 1.807) is 0 Å². The Labute approximate surface area is 133 Å². The van der Waals surface area contributed by atoms with Crippen molar-refractivity contribution in [2.24, 2.45) is 5.92 Å². The van der Waals surface area contributed by atoms with Gasteiger partial charge in [0.2, 0.25) is 5.91 Å². The Kier molecular flexibility index (Phi) is 7.91. The summed E-state index contributed by atoms with van der Waals surface area (Å²) in [7, 11) is 0. The lowest BCUT2D eigenvalue weighted by Crippen LogP contribution is -2.46. The van der Waals surface area contributed by atoms with E-state index in [1.165, 1.54) is 0 Å². The van der Waals surface area contributed by atoms with Crippen molar-refractivity contribution in [3.63, 3.8) is 0 Å². The van der Waals surface area contributed by atoms with Gasteiger partial charge in [0, 0.05) is 12.6 Å². The molecule has 0 spiro atoms. The fourth-order valence-corrected chi connectivity index (χ4v) is 2.24. The summed E-state index contributed by atoms with van der Waals surface area (Å²) in [5.41, 5.74) is 0.672. The first-order valence-corrected chi connectivity index (χ1v) is 7.89. The van der Waals surface area contributed by atoms with Crippen LogP contribution in [0.4, 0.5) is 5.69 Å². The third-order valence-corrected chi connectivity index (χ3v) is 3.55. The maximum atomic E-state index is 12.3. The molecule has 0 fully saturated rings. The van der Waals surface area contributed by atoms with E-state index in [0.717, 1.165) is 0 Å². The quantitative estimate of drug-likeness (QED) is 0.655. The van der Waals surface area contributed by atoms with Crippen LogP contribution < -0.4 is 15.4 Å². The molecule has 0 radical (unpaired) electrons. The number of carbonyl (C=O) groups excluding carboxylic acids is 1. The van der Waals surface area contributed by atoms with Crippen LogP contribution in [0, 0.1) is 5.92 Å². The molecule has 1 rings (SSSR count). The van der Waals surface area contributed by atoms with Crippen molar-refractivity contribution in [1.29, 1.82) is 0 Å². The highest BCUT2D eigenvalue weighted by Gasteiger charge is 2.20. The van der Waals surface area contributed by atoms with Crippen LogP contribution >= 0.6 is 0 Å². The average Bonchev–Trinajstić information content (AvgIpc) is 2.48. The monoisotopic (exact) mass is 308 g/mol. The number of benzene rings is 1. The van der Waals surface area contributed by atoms with Crippen LogP contribution in [0.2, 0.25) is 0 Å². The minimum absolute atomic E-state index is 0.105. The van der Waals surface area contributed by atoms with Crippen molar-refractivity contribution in [1.82, 2.24) is 5.32 Å². The van der Waals surface area contributed by atoms with Crippen LogP contribution in [0.3, 0.4) is 0 Å². The Morgan fingerprint density at radius 3 is 2.55 bits per heavy atom. The molecule has 0 saturated heterocycles. The first-order chi connectivity index (χ1) is 10.5. The van der Waals surface area contributed by atoms with E-state index in [-0.39, 0.29) is 24.6 Å². The van der Waals surface area contributed by atoms with E-state index in [2.05, 4.69) is 24.5 Å². The van der Waals surface area contributed by atoms with E-state index >= 15 is 0 Å². The maximum Gasteiger partial charge on any atom is 0.241 e. The summed E-state index contributed by atoms with van der Waals surface area (Å²) in [4.78, 5) is 12.3. The van der Waals surface area contributed by atoms with Crippen molar-refractivity contribution in [3.05, 3.63) is 24.3 Å². The van der Waals surface area contributed by atoms with Crippen LogP contribution in [0.1, 0.15) is 34.1 Å².